The van der Waals surface area contributed by atoms with Gasteiger partial charge >= 0.3 is 0 Å². The highest BCUT2D eigenvalue weighted by molar-refractivity contribution is 9.10. The zero-order chi connectivity index (χ0) is 19.4. The smallest absolute Gasteiger partial charge is 0.282 e. The van der Waals surface area contributed by atoms with E-state index in [1.165, 1.54) is 18.2 Å². The molecule has 0 atom stereocenters. The number of amides is 1. The van der Waals surface area contributed by atoms with Crippen LogP contribution in [-0.4, -0.2) is 21.2 Å². The molecule has 1 amide bonds. The summed E-state index contributed by atoms with van der Waals surface area (Å²) < 4.78 is 13.4. The molecule has 1 aromatic heterocycles. The minimum absolute atomic E-state index is 0.124. The number of carbonyl (C=O) groups is 1. The average Bonchev–Trinajstić information content (AvgIpc) is 3.14. The third kappa shape index (κ3) is 5.12. The van der Waals surface area contributed by atoms with Gasteiger partial charge in [0.1, 0.15) is 11.6 Å². The first kappa shape index (κ1) is 19.5. The molecule has 0 aliphatic carbocycles. The number of hydrogen-bond donors (Lipinski definition) is 2. The van der Waals surface area contributed by atoms with Crippen LogP contribution >= 0.6 is 38.9 Å². The van der Waals surface area contributed by atoms with E-state index in [9.17, 15) is 14.3 Å². The maximum atomic E-state index is 12.9. The average molecular weight is 469 g/mol. The maximum absolute atomic E-state index is 12.9. The first-order valence-corrected chi connectivity index (χ1v) is 9.63. The molecule has 0 bridgehead atoms. The molecule has 1 heterocycles. The van der Waals surface area contributed by atoms with E-state index in [-0.39, 0.29) is 29.0 Å². The number of phenolic OH excluding ortho intramolecular Hbond substituents is 1. The molecular formula is C18H12BrClFN3O2S. The second-order valence-corrected chi connectivity index (χ2v) is 7.66. The van der Waals surface area contributed by atoms with Crippen molar-refractivity contribution in [3.63, 3.8) is 0 Å². The highest BCUT2D eigenvalue weighted by Gasteiger charge is 2.14. The third-order valence-electron chi connectivity index (χ3n) is 3.46. The fraction of sp³-hybridized carbons (Fsp3) is 0.0556. The summed E-state index contributed by atoms with van der Waals surface area (Å²) in [6, 6.07) is 10.8. The lowest BCUT2D eigenvalue weighted by atomic mass is 10.2. The molecule has 0 aliphatic heterocycles. The molecule has 27 heavy (non-hydrogen) atoms. The summed E-state index contributed by atoms with van der Waals surface area (Å²) in [7, 11) is 0. The van der Waals surface area contributed by atoms with Gasteiger partial charge in [0.15, 0.2) is 5.01 Å². The molecule has 2 N–H and O–H groups in total. The molecule has 0 saturated carbocycles. The lowest BCUT2D eigenvalue weighted by molar-refractivity contribution is 0.0950. The van der Waals surface area contributed by atoms with Crippen LogP contribution in [0.5, 0.6) is 5.75 Å². The predicted molar refractivity (Wildman–Crippen MR) is 107 cm³/mol. The van der Waals surface area contributed by atoms with Crippen molar-refractivity contribution in [1.29, 1.82) is 0 Å². The first-order valence-electron chi connectivity index (χ1n) is 7.64. The van der Waals surface area contributed by atoms with Crippen molar-refractivity contribution in [3.8, 4) is 5.75 Å². The van der Waals surface area contributed by atoms with Gasteiger partial charge < -0.3 is 10.4 Å². The van der Waals surface area contributed by atoms with Crippen molar-refractivity contribution in [1.82, 2.24) is 15.5 Å². The van der Waals surface area contributed by atoms with Gasteiger partial charge in [-0.15, -0.1) is 10.2 Å². The molecular weight excluding hydrogens is 457 g/mol. The summed E-state index contributed by atoms with van der Waals surface area (Å²) in [6.45, 7) is 0.249. The number of nitrogens with zero attached hydrogens (tertiary/aromatic N) is 2. The monoisotopic (exact) mass is 467 g/mol. The summed E-state index contributed by atoms with van der Waals surface area (Å²) in [5.74, 6) is -0.597. The molecule has 0 unspecified atom stereocenters. The Kier molecular flexibility index (Phi) is 6.20. The lowest BCUT2D eigenvalue weighted by Gasteiger charge is -2.02. The van der Waals surface area contributed by atoms with Crippen LogP contribution in [0.3, 0.4) is 0 Å². The minimum Gasteiger partial charge on any atom is -0.507 e. The molecule has 3 rings (SSSR count). The topological polar surface area (TPSA) is 75.1 Å². The molecule has 0 aliphatic rings. The predicted octanol–water partition coefficient (Wildman–Crippen LogP) is 4.81. The Balaban J connectivity index is 1.67. The van der Waals surface area contributed by atoms with Crippen LogP contribution < -0.4 is 5.32 Å². The summed E-state index contributed by atoms with van der Waals surface area (Å²) in [5, 5.41) is 20.9. The van der Waals surface area contributed by atoms with Gasteiger partial charge in [0.05, 0.1) is 9.51 Å². The molecule has 0 radical (unpaired) electrons. The number of nitrogens with one attached hydrogen (secondary N) is 1. The van der Waals surface area contributed by atoms with E-state index in [1.54, 1.807) is 30.3 Å². The SMILES string of the molecule is O=C(NCc1ccc(F)cc1)c1nnc(/C(Cl)=C/c2ccc(O)c(Br)c2)s1. The second kappa shape index (κ2) is 8.60. The zero-order valence-electron chi connectivity index (χ0n) is 13.6. The van der Waals surface area contributed by atoms with E-state index in [2.05, 4.69) is 31.4 Å². The largest absolute Gasteiger partial charge is 0.507 e. The van der Waals surface area contributed by atoms with Crippen LogP contribution in [0.25, 0.3) is 11.1 Å². The molecule has 0 saturated heterocycles. The van der Waals surface area contributed by atoms with E-state index in [1.807, 2.05) is 0 Å². The van der Waals surface area contributed by atoms with E-state index in [0.29, 0.717) is 14.5 Å². The fourth-order valence-corrected chi connectivity index (χ4v) is 3.44. The lowest BCUT2D eigenvalue weighted by Crippen LogP contribution is -2.22. The highest BCUT2D eigenvalue weighted by Crippen LogP contribution is 2.29. The van der Waals surface area contributed by atoms with Gasteiger partial charge in [-0.1, -0.05) is 41.1 Å². The normalized spacial score (nSPS) is 11.4. The van der Waals surface area contributed by atoms with Crippen molar-refractivity contribution < 1.29 is 14.3 Å². The Morgan fingerprint density at radius 2 is 1.93 bits per heavy atom. The molecule has 0 fully saturated rings. The Labute approximate surface area is 171 Å². The second-order valence-electron chi connectivity index (χ2n) is 5.42. The van der Waals surface area contributed by atoms with Gasteiger partial charge in [-0.25, -0.2) is 4.39 Å². The molecule has 3 aromatic rings. The number of rotatable bonds is 5. The highest BCUT2D eigenvalue weighted by atomic mass is 79.9. The van der Waals surface area contributed by atoms with Crippen molar-refractivity contribution in [2.24, 2.45) is 0 Å². The van der Waals surface area contributed by atoms with Gasteiger partial charge in [-0.2, -0.15) is 0 Å². The van der Waals surface area contributed by atoms with Gasteiger partial charge in [0, 0.05) is 6.54 Å². The molecule has 138 valence electrons. The Morgan fingerprint density at radius 1 is 1.22 bits per heavy atom. The summed E-state index contributed by atoms with van der Waals surface area (Å²) >= 11 is 10.6. The number of carbonyl (C=O) groups excluding carboxylic acids is 1. The van der Waals surface area contributed by atoms with E-state index in [4.69, 9.17) is 11.6 Å². The molecule has 0 spiro atoms. The van der Waals surface area contributed by atoms with Gasteiger partial charge in [0.2, 0.25) is 5.01 Å². The van der Waals surface area contributed by atoms with Crippen LogP contribution in [0.2, 0.25) is 0 Å². The number of aromatic hydroxyl groups is 1. The molecule has 9 heteroatoms. The van der Waals surface area contributed by atoms with E-state index in [0.717, 1.165) is 22.5 Å². The van der Waals surface area contributed by atoms with Crippen LogP contribution in [-0.2, 0) is 6.54 Å². The Morgan fingerprint density at radius 3 is 2.63 bits per heavy atom. The summed E-state index contributed by atoms with van der Waals surface area (Å²) in [6.07, 6.45) is 1.66. The zero-order valence-corrected chi connectivity index (χ0v) is 16.8. The van der Waals surface area contributed by atoms with E-state index >= 15 is 0 Å². The number of halogens is 3. The van der Waals surface area contributed by atoms with Crippen molar-refractivity contribution in [2.45, 2.75) is 6.54 Å². The van der Waals surface area contributed by atoms with Crippen molar-refractivity contribution >= 4 is 55.9 Å². The first-order chi connectivity index (χ1) is 12.9. The van der Waals surface area contributed by atoms with Crippen molar-refractivity contribution in [3.05, 3.63) is 73.9 Å². The van der Waals surface area contributed by atoms with Crippen LogP contribution in [0.15, 0.2) is 46.9 Å². The number of aromatic nitrogens is 2. The summed E-state index contributed by atoms with van der Waals surface area (Å²) in [5.41, 5.74) is 1.52. The van der Waals surface area contributed by atoms with Gasteiger partial charge in [-0.3, -0.25) is 4.79 Å². The standard InChI is InChI=1S/C18H12BrClFN3O2S/c19-13-7-11(3-6-15(13)25)8-14(20)17-23-24-18(27-17)16(26)22-9-10-1-4-12(21)5-2-10/h1-8,25H,9H2,(H,22,26)/b14-8-. The minimum atomic E-state index is -0.389. The molecule has 5 nitrogen and oxygen atoms in total. The third-order valence-corrected chi connectivity index (χ3v) is 5.45. The summed E-state index contributed by atoms with van der Waals surface area (Å²) in [4.78, 5) is 12.2. The number of benzene rings is 2. The van der Waals surface area contributed by atoms with Gasteiger partial charge in [-0.05, 0) is 57.4 Å². The van der Waals surface area contributed by atoms with E-state index < -0.39 is 0 Å². The fourth-order valence-electron chi connectivity index (χ4n) is 2.09. The maximum Gasteiger partial charge on any atom is 0.282 e. The quantitative estimate of drug-likeness (QED) is 0.563. The number of hydrogen-bond acceptors (Lipinski definition) is 5. The Bertz CT molecular complexity index is 1010. The Hall–Kier alpha value is -2.29. The number of phenols is 1. The molecule has 2 aromatic carbocycles. The van der Waals surface area contributed by atoms with Crippen LogP contribution in [0, 0.1) is 5.82 Å². The van der Waals surface area contributed by atoms with Gasteiger partial charge in [0.25, 0.3) is 5.91 Å². The van der Waals surface area contributed by atoms with Crippen LogP contribution in [0.4, 0.5) is 4.39 Å². The van der Waals surface area contributed by atoms with Crippen LogP contribution in [0.1, 0.15) is 25.9 Å². The van der Waals surface area contributed by atoms with Crippen molar-refractivity contribution in [2.75, 3.05) is 0 Å².